The maximum atomic E-state index is 12.9. The highest BCUT2D eigenvalue weighted by molar-refractivity contribution is 7.99. The number of aromatic nitrogens is 2. The van der Waals surface area contributed by atoms with Crippen LogP contribution in [-0.4, -0.2) is 15.3 Å². The Bertz CT molecular complexity index is 973. The van der Waals surface area contributed by atoms with Crippen LogP contribution in [0.15, 0.2) is 40.3 Å². The molecule has 0 amide bonds. The zero-order chi connectivity index (χ0) is 18.1. The van der Waals surface area contributed by atoms with Crippen LogP contribution < -0.4 is 5.43 Å². The predicted octanol–water partition coefficient (Wildman–Crippen LogP) is 5.13. The Hall–Kier alpha value is -1.59. The smallest absolute Gasteiger partial charge is 0.211 e. The van der Waals surface area contributed by atoms with Gasteiger partial charge in [-0.05, 0) is 37.2 Å². The van der Waals surface area contributed by atoms with E-state index in [4.69, 9.17) is 4.98 Å². The third-order valence-corrected chi connectivity index (χ3v) is 7.19. The number of nitrogens with zero attached hydrogens (tertiary/aromatic N) is 2. The molecular formula is C21H24N2OS2. The van der Waals surface area contributed by atoms with Gasteiger partial charge in [0, 0.05) is 16.2 Å². The van der Waals surface area contributed by atoms with Crippen LogP contribution in [0.1, 0.15) is 42.7 Å². The first-order chi connectivity index (χ1) is 12.6. The van der Waals surface area contributed by atoms with Gasteiger partial charge in [0.2, 0.25) is 5.43 Å². The molecule has 26 heavy (non-hydrogen) atoms. The van der Waals surface area contributed by atoms with E-state index in [1.165, 1.54) is 10.4 Å². The molecule has 0 N–H and O–H groups in total. The lowest BCUT2D eigenvalue weighted by Gasteiger charge is -2.10. The van der Waals surface area contributed by atoms with Crippen molar-refractivity contribution in [2.75, 3.05) is 5.75 Å². The van der Waals surface area contributed by atoms with Gasteiger partial charge in [-0.3, -0.25) is 4.79 Å². The van der Waals surface area contributed by atoms with Gasteiger partial charge in [-0.15, -0.1) is 11.3 Å². The molecule has 1 aromatic carbocycles. The Labute approximate surface area is 162 Å². The standard InChI is InChI=1S/C21H24N2OS2/c1-14(2)11-12-25-21-22-18-19(24)16-9-6-10-17(16)26-20(18)23(21)13-15-7-4-3-5-8-15/h3-5,7-8,14H,6,9-13H2,1-2H3. The first-order valence-corrected chi connectivity index (χ1v) is 11.2. The number of imidazole rings is 1. The zero-order valence-electron chi connectivity index (χ0n) is 15.3. The largest absolute Gasteiger partial charge is 0.306 e. The monoisotopic (exact) mass is 384 g/mol. The number of thioether (sulfide) groups is 1. The summed E-state index contributed by atoms with van der Waals surface area (Å²) in [5.41, 5.74) is 3.12. The summed E-state index contributed by atoms with van der Waals surface area (Å²) in [7, 11) is 0. The quantitative estimate of drug-likeness (QED) is 0.552. The van der Waals surface area contributed by atoms with E-state index < -0.39 is 0 Å². The van der Waals surface area contributed by atoms with E-state index in [2.05, 4.69) is 42.7 Å². The van der Waals surface area contributed by atoms with Crippen LogP contribution in [0, 0.1) is 5.92 Å². The summed E-state index contributed by atoms with van der Waals surface area (Å²) >= 11 is 3.57. The Morgan fingerprint density at radius 1 is 1.23 bits per heavy atom. The normalized spacial score (nSPS) is 13.7. The molecule has 4 rings (SSSR count). The van der Waals surface area contributed by atoms with Gasteiger partial charge in [-0.2, -0.15) is 0 Å². The van der Waals surface area contributed by atoms with Crippen LogP contribution in [0.25, 0.3) is 10.3 Å². The van der Waals surface area contributed by atoms with Crippen LogP contribution >= 0.6 is 23.1 Å². The number of hydrogen-bond acceptors (Lipinski definition) is 4. The molecule has 0 saturated heterocycles. The van der Waals surface area contributed by atoms with Crippen LogP contribution in [0.5, 0.6) is 0 Å². The molecule has 0 bridgehead atoms. The molecular weight excluding hydrogens is 360 g/mol. The number of rotatable bonds is 6. The number of fused-ring (bicyclic) bond motifs is 2. The number of hydrogen-bond donors (Lipinski definition) is 0. The van der Waals surface area contributed by atoms with Gasteiger partial charge in [-0.25, -0.2) is 4.98 Å². The van der Waals surface area contributed by atoms with Crippen LogP contribution in [0.3, 0.4) is 0 Å². The van der Waals surface area contributed by atoms with E-state index in [9.17, 15) is 4.79 Å². The molecule has 2 heterocycles. The van der Waals surface area contributed by atoms with Crippen molar-refractivity contribution in [2.45, 2.75) is 51.2 Å². The van der Waals surface area contributed by atoms with E-state index in [1.54, 1.807) is 23.1 Å². The topological polar surface area (TPSA) is 34.9 Å². The van der Waals surface area contributed by atoms with Crippen molar-refractivity contribution in [3.63, 3.8) is 0 Å². The summed E-state index contributed by atoms with van der Waals surface area (Å²) in [5, 5.41) is 0.988. The zero-order valence-corrected chi connectivity index (χ0v) is 17.0. The van der Waals surface area contributed by atoms with Gasteiger partial charge in [0.25, 0.3) is 0 Å². The second-order valence-corrected chi connectivity index (χ2v) is 9.48. The van der Waals surface area contributed by atoms with Crippen molar-refractivity contribution in [3.05, 3.63) is 56.6 Å². The van der Waals surface area contributed by atoms with E-state index in [1.807, 2.05) is 6.07 Å². The van der Waals surface area contributed by atoms with Crippen molar-refractivity contribution in [1.29, 1.82) is 0 Å². The maximum absolute atomic E-state index is 12.9. The molecule has 0 radical (unpaired) electrons. The van der Waals surface area contributed by atoms with E-state index >= 15 is 0 Å². The average molecular weight is 385 g/mol. The molecule has 0 aliphatic heterocycles. The highest BCUT2D eigenvalue weighted by atomic mass is 32.2. The Kier molecular flexibility index (Phi) is 5.18. The Morgan fingerprint density at radius 2 is 2.04 bits per heavy atom. The minimum atomic E-state index is 0.170. The summed E-state index contributed by atoms with van der Waals surface area (Å²) in [6.45, 7) is 5.27. The number of aryl methyl sites for hydroxylation is 1. The molecule has 2 aromatic heterocycles. The lowest BCUT2D eigenvalue weighted by atomic mass is 10.2. The molecule has 0 atom stereocenters. The lowest BCUT2D eigenvalue weighted by molar-refractivity contribution is 0.630. The van der Waals surface area contributed by atoms with E-state index in [0.717, 1.165) is 53.5 Å². The van der Waals surface area contributed by atoms with Gasteiger partial charge in [-0.1, -0.05) is 55.9 Å². The van der Waals surface area contributed by atoms with E-state index in [-0.39, 0.29) is 5.43 Å². The Morgan fingerprint density at radius 3 is 2.81 bits per heavy atom. The average Bonchev–Trinajstić information content (AvgIpc) is 3.22. The van der Waals surface area contributed by atoms with Gasteiger partial charge in [0.15, 0.2) is 5.16 Å². The molecule has 1 aliphatic carbocycles. The molecule has 0 fully saturated rings. The van der Waals surface area contributed by atoms with Crippen molar-refractivity contribution in [2.24, 2.45) is 5.92 Å². The molecule has 0 spiro atoms. The van der Waals surface area contributed by atoms with Crippen molar-refractivity contribution >= 4 is 33.4 Å². The summed E-state index contributed by atoms with van der Waals surface area (Å²) in [5.74, 6) is 1.71. The number of benzene rings is 1. The molecule has 0 unspecified atom stereocenters. The predicted molar refractivity (Wildman–Crippen MR) is 112 cm³/mol. The SMILES string of the molecule is CC(C)CCSc1nc2c(=O)c3c(sc2n1Cc1ccccc1)CCC3. The van der Waals surface area contributed by atoms with Crippen molar-refractivity contribution in [3.8, 4) is 0 Å². The Balaban J connectivity index is 1.79. The molecule has 5 heteroatoms. The highest BCUT2D eigenvalue weighted by Crippen LogP contribution is 2.32. The molecule has 136 valence electrons. The third-order valence-electron chi connectivity index (χ3n) is 4.87. The molecule has 1 aliphatic rings. The molecule has 3 nitrogen and oxygen atoms in total. The lowest BCUT2D eigenvalue weighted by Crippen LogP contribution is -2.08. The van der Waals surface area contributed by atoms with Crippen LogP contribution in [-0.2, 0) is 19.4 Å². The minimum Gasteiger partial charge on any atom is -0.306 e. The summed E-state index contributed by atoms with van der Waals surface area (Å²) in [6.07, 6.45) is 4.21. The van der Waals surface area contributed by atoms with Gasteiger partial charge < -0.3 is 4.57 Å². The van der Waals surface area contributed by atoms with Crippen LogP contribution in [0.4, 0.5) is 0 Å². The second kappa shape index (κ2) is 7.57. The molecule has 0 saturated carbocycles. The minimum absolute atomic E-state index is 0.170. The fourth-order valence-corrected chi connectivity index (χ4v) is 5.99. The summed E-state index contributed by atoms with van der Waals surface area (Å²) in [6, 6.07) is 10.5. The van der Waals surface area contributed by atoms with Gasteiger partial charge in [0.1, 0.15) is 10.3 Å². The first kappa shape index (κ1) is 17.8. The van der Waals surface area contributed by atoms with Gasteiger partial charge in [0.05, 0.1) is 6.54 Å². The molecule has 3 aromatic rings. The first-order valence-electron chi connectivity index (χ1n) is 9.35. The van der Waals surface area contributed by atoms with Crippen molar-refractivity contribution in [1.82, 2.24) is 9.55 Å². The maximum Gasteiger partial charge on any atom is 0.211 e. The second-order valence-electron chi connectivity index (χ2n) is 7.34. The van der Waals surface area contributed by atoms with Crippen LogP contribution in [0.2, 0.25) is 0 Å². The highest BCUT2D eigenvalue weighted by Gasteiger charge is 2.22. The van der Waals surface area contributed by atoms with E-state index in [0.29, 0.717) is 11.4 Å². The summed E-state index contributed by atoms with van der Waals surface area (Å²) in [4.78, 5) is 20.1. The summed E-state index contributed by atoms with van der Waals surface area (Å²) < 4.78 is 2.26. The fourth-order valence-electron chi connectivity index (χ4n) is 3.40. The van der Waals surface area contributed by atoms with Crippen molar-refractivity contribution < 1.29 is 0 Å². The van der Waals surface area contributed by atoms with Gasteiger partial charge >= 0.3 is 0 Å². The third kappa shape index (κ3) is 3.47. The fraction of sp³-hybridized carbons (Fsp3) is 0.429.